The predicted molar refractivity (Wildman–Crippen MR) is 111 cm³/mol. The second kappa shape index (κ2) is 8.52. The van der Waals surface area contributed by atoms with Gasteiger partial charge in [0.2, 0.25) is 0 Å². The molecule has 3 aromatic carbocycles. The van der Waals surface area contributed by atoms with Crippen molar-refractivity contribution in [2.24, 2.45) is 5.92 Å². The first-order valence-electron chi connectivity index (χ1n) is 10.3. The van der Waals surface area contributed by atoms with Gasteiger partial charge in [-0.1, -0.05) is 37.0 Å². The second-order valence-corrected chi connectivity index (χ2v) is 7.98. The van der Waals surface area contributed by atoms with Crippen molar-refractivity contribution in [1.29, 1.82) is 0 Å². The van der Waals surface area contributed by atoms with E-state index in [4.69, 9.17) is 0 Å². The summed E-state index contributed by atoms with van der Waals surface area (Å²) >= 11 is 0. The highest BCUT2D eigenvalue weighted by Crippen LogP contribution is 2.37. The van der Waals surface area contributed by atoms with E-state index in [2.05, 4.69) is 11.8 Å². The molecule has 154 valence electrons. The van der Waals surface area contributed by atoms with Crippen molar-refractivity contribution in [2.75, 3.05) is 0 Å². The van der Waals surface area contributed by atoms with Crippen LogP contribution in [-0.2, 0) is 6.42 Å². The highest BCUT2D eigenvalue weighted by molar-refractivity contribution is 5.83. The van der Waals surface area contributed by atoms with Crippen molar-refractivity contribution in [3.05, 3.63) is 82.4 Å². The average Bonchev–Trinajstić information content (AvgIpc) is 2.74. The van der Waals surface area contributed by atoms with Crippen molar-refractivity contribution in [2.45, 2.75) is 44.9 Å². The Morgan fingerprint density at radius 1 is 0.767 bits per heavy atom. The average molecular weight is 410 g/mol. The molecule has 30 heavy (non-hydrogen) atoms. The van der Waals surface area contributed by atoms with Crippen molar-refractivity contribution in [3.8, 4) is 11.8 Å². The smallest absolute Gasteiger partial charge is 0.159 e. The third kappa shape index (κ3) is 4.21. The van der Waals surface area contributed by atoms with Gasteiger partial charge in [0.15, 0.2) is 11.6 Å². The lowest BCUT2D eigenvalue weighted by molar-refractivity contribution is 0.385. The predicted octanol–water partition coefficient (Wildman–Crippen LogP) is 7.28. The van der Waals surface area contributed by atoms with Crippen LogP contribution < -0.4 is 0 Å². The summed E-state index contributed by atoms with van der Waals surface area (Å²) in [5.74, 6) is 3.29. The van der Waals surface area contributed by atoms with Gasteiger partial charge >= 0.3 is 0 Å². The van der Waals surface area contributed by atoms with Gasteiger partial charge < -0.3 is 0 Å². The first-order chi connectivity index (χ1) is 14.4. The molecule has 1 aliphatic rings. The Balaban J connectivity index is 1.46. The molecule has 0 unspecified atom stereocenters. The van der Waals surface area contributed by atoms with E-state index in [0.717, 1.165) is 31.2 Å². The fourth-order valence-electron chi connectivity index (χ4n) is 4.21. The fourth-order valence-corrected chi connectivity index (χ4v) is 4.21. The standard InChI is InChI=1S/C26H22F4/c1-2-16-11-23(27)22(24(28)12-16)10-5-17-3-6-18(7-4-17)19-8-9-20-14-25(29)26(30)15-21(20)13-19/h8-9,11-15,17-18H,2-4,6-7H2,1H3. The summed E-state index contributed by atoms with van der Waals surface area (Å²) in [6.07, 6.45) is 4.04. The molecule has 3 aromatic rings. The number of hydrogen-bond donors (Lipinski definition) is 0. The van der Waals surface area contributed by atoms with Crippen LogP contribution in [-0.4, -0.2) is 0 Å². The summed E-state index contributed by atoms with van der Waals surface area (Å²) in [5, 5.41) is 1.37. The van der Waals surface area contributed by atoms with Gasteiger partial charge in [0.05, 0.1) is 5.56 Å². The zero-order chi connectivity index (χ0) is 21.3. The molecule has 4 rings (SSSR count). The minimum absolute atomic E-state index is 0.0953. The van der Waals surface area contributed by atoms with E-state index in [9.17, 15) is 17.6 Å². The Hall–Kier alpha value is -2.80. The zero-order valence-electron chi connectivity index (χ0n) is 16.7. The van der Waals surface area contributed by atoms with Crippen molar-refractivity contribution in [1.82, 2.24) is 0 Å². The van der Waals surface area contributed by atoms with Gasteiger partial charge in [-0.2, -0.15) is 0 Å². The SMILES string of the molecule is CCc1cc(F)c(C#CC2CCC(c3ccc4cc(F)c(F)cc4c3)CC2)c(F)c1. The largest absolute Gasteiger partial charge is 0.206 e. The highest BCUT2D eigenvalue weighted by atomic mass is 19.2. The number of rotatable bonds is 2. The molecule has 0 saturated heterocycles. The van der Waals surface area contributed by atoms with E-state index in [1.807, 2.05) is 25.1 Å². The third-order valence-corrected chi connectivity index (χ3v) is 6.01. The molecule has 0 atom stereocenters. The summed E-state index contributed by atoms with van der Waals surface area (Å²) < 4.78 is 55.2. The van der Waals surface area contributed by atoms with E-state index in [0.29, 0.717) is 28.7 Å². The molecule has 0 aliphatic heterocycles. The molecular weight excluding hydrogens is 388 g/mol. The minimum Gasteiger partial charge on any atom is -0.206 e. The molecule has 0 radical (unpaired) electrons. The van der Waals surface area contributed by atoms with Gasteiger partial charge in [0.25, 0.3) is 0 Å². The molecule has 0 N–H and O–H groups in total. The zero-order valence-corrected chi connectivity index (χ0v) is 16.7. The lowest BCUT2D eigenvalue weighted by Gasteiger charge is -2.26. The quantitative estimate of drug-likeness (QED) is 0.307. The Morgan fingerprint density at radius 2 is 1.40 bits per heavy atom. The Kier molecular flexibility index (Phi) is 5.81. The lowest BCUT2D eigenvalue weighted by Crippen LogP contribution is -2.12. The summed E-state index contributed by atoms with van der Waals surface area (Å²) in [6, 6.07) is 10.9. The topological polar surface area (TPSA) is 0 Å². The molecule has 0 nitrogen and oxygen atoms in total. The number of halogens is 4. The van der Waals surface area contributed by atoms with Crippen LogP contribution in [0.2, 0.25) is 0 Å². The molecule has 1 fully saturated rings. The Bertz CT molecular complexity index is 1120. The van der Waals surface area contributed by atoms with Crippen LogP contribution in [0.4, 0.5) is 17.6 Å². The third-order valence-electron chi connectivity index (χ3n) is 6.01. The van der Waals surface area contributed by atoms with E-state index < -0.39 is 23.3 Å². The van der Waals surface area contributed by atoms with E-state index in [-0.39, 0.29) is 11.5 Å². The van der Waals surface area contributed by atoms with Crippen LogP contribution in [0.3, 0.4) is 0 Å². The van der Waals surface area contributed by atoms with Crippen LogP contribution in [0.25, 0.3) is 10.8 Å². The molecule has 1 aliphatic carbocycles. The van der Waals surface area contributed by atoms with Gasteiger partial charge in [-0.05, 0) is 84.2 Å². The monoisotopic (exact) mass is 410 g/mol. The Morgan fingerprint density at radius 3 is 2.03 bits per heavy atom. The first kappa shape index (κ1) is 20.5. The van der Waals surface area contributed by atoms with Gasteiger partial charge in [-0.3, -0.25) is 0 Å². The summed E-state index contributed by atoms with van der Waals surface area (Å²) in [5.41, 5.74) is 1.57. The molecule has 0 heterocycles. The van der Waals surface area contributed by atoms with Crippen LogP contribution in [0.15, 0.2) is 42.5 Å². The van der Waals surface area contributed by atoms with Gasteiger partial charge in [-0.15, -0.1) is 0 Å². The lowest BCUT2D eigenvalue weighted by atomic mass is 9.78. The van der Waals surface area contributed by atoms with Crippen LogP contribution in [0, 0.1) is 41.0 Å². The summed E-state index contributed by atoms with van der Waals surface area (Å²) in [6.45, 7) is 1.85. The maximum atomic E-state index is 14.1. The van der Waals surface area contributed by atoms with E-state index in [1.54, 1.807) is 0 Å². The van der Waals surface area contributed by atoms with Crippen molar-refractivity contribution < 1.29 is 17.6 Å². The van der Waals surface area contributed by atoms with Crippen LogP contribution >= 0.6 is 0 Å². The van der Waals surface area contributed by atoms with E-state index >= 15 is 0 Å². The van der Waals surface area contributed by atoms with Crippen molar-refractivity contribution in [3.63, 3.8) is 0 Å². The van der Waals surface area contributed by atoms with Crippen LogP contribution in [0.5, 0.6) is 0 Å². The maximum absolute atomic E-state index is 14.1. The number of benzene rings is 3. The first-order valence-corrected chi connectivity index (χ1v) is 10.3. The molecular formula is C26H22F4. The Labute approximate surface area is 173 Å². The van der Waals surface area contributed by atoms with Gasteiger partial charge in [0, 0.05) is 5.92 Å². The molecule has 0 aromatic heterocycles. The summed E-state index contributed by atoms with van der Waals surface area (Å²) in [7, 11) is 0. The van der Waals surface area contributed by atoms with Gasteiger partial charge in [-0.25, -0.2) is 17.6 Å². The molecule has 0 spiro atoms. The van der Waals surface area contributed by atoms with E-state index in [1.165, 1.54) is 24.3 Å². The number of fused-ring (bicyclic) bond motifs is 1. The number of hydrogen-bond acceptors (Lipinski definition) is 0. The molecule has 0 amide bonds. The second-order valence-electron chi connectivity index (χ2n) is 7.98. The molecule has 1 saturated carbocycles. The van der Waals surface area contributed by atoms with Crippen LogP contribution in [0.1, 0.15) is 55.2 Å². The molecule has 0 bridgehead atoms. The molecule has 4 heteroatoms. The minimum atomic E-state index is -0.843. The van der Waals surface area contributed by atoms with Gasteiger partial charge in [0.1, 0.15) is 11.6 Å². The highest BCUT2D eigenvalue weighted by Gasteiger charge is 2.22. The van der Waals surface area contributed by atoms with Crippen molar-refractivity contribution >= 4 is 10.8 Å². The summed E-state index contributed by atoms with van der Waals surface area (Å²) in [4.78, 5) is 0. The number of aryl methyl sites for hydroxylation is 1. The maximum Gasteiger partial charge on any atom is 0.159 e. The fraction of sp³-hybridized carbons (Fsp3) is 0.308. The normalized spacial score (nSPS) is 18.8.